The number of piperidine rings is 1. The third-order valence-corrected chi connectivity index (χ3v) is 6.00. The molecule has 6 nitrogen and oxygen atoms in total. The number of carbonyl (C=O) groups is 1. The molecule has 1 aromatic heterocycles. The van der Waals surface area contributed by atoms with Crippen molar-refractivity contribution in [3.8, 4) is 5.88 Å². The molecule has 1 amide bonds. The van der Waals surface area contributed by atoms with Crippen LogP contribution in [0.1, 0.15) is 29.6 Å². The van der Waals surface area contributed by atoms with Gasteiger partial charge in [0.25, 0.3) is 5.91 Å². The van der Waals surface area contributed by atoms with E-state index in [1.807, 2.05) is 0 Å². The normalized spacial score (nSPS) is 23.1. The quantitative estimate of drug-likeness (QED) is 0.879. The molecule has 128 valence electrons. The zero-order valence-electron chi connectivity index (χ0n) is 14.0. The summed E-state index contributed by atoms with van der Waals surface area (Å²) >= 11 is 2.08. The predicted octanol–water partition coefficient (Wildman–Crippen LogP) is 1.38. The molecule has 0 aromatic carbocycles. The summed E-state index contributed by atoms with van der Waals surface area (Å²) in [6, 6.07) is 0.787. The molecule has 2 fully saturated rings. The minimum atomic E-state index is -0.0930. The summed E-state index contributed by atoms with van der Waals surface area (Å²) in [6.07, 6.45) is 5.39. The zero-order chi connectivity index (χ0) is 16.2. The number of ether oxygens (including phenoxy) is 1. The van der Waals surface area contributed by atoms with Crippen LogP contribution in [0.4, 0.5) is 0 Å². The highest BCUT2D eigenvalue weighted by molar-refractivity contribution is 7.99. The maximum absolute atomic E-state index is 12.3. The molecule has 1 atom stereocenters. The Morgan fingerprint density at radius 1 is 1.43 bits per heavy atom. The Labute approximate surface area is 141 Å². The number of rotatable bonds is 5. The molecule has 1 N–H and O–H groups in total. The van der Waals surface area contributed by atoms with Gasteiger partial charge in [-0.05, 0) is 44.0 Å². The lowest BCUT2D eigenvalue weighted by Crippen LogP contribution is -2.43. The molecule has 0 aliphatic carbocycles. The van der Waals surface area contributed by atoms with Crippen LogP contribution in [0.2, 0.25) is 0 Å². The lowest BCUT2D eigenvalue weighted by atomic mass is 9.95. The minimum absolute atomic E-state index is 0.0930. The van der Waals surface area contributed by atoms with Crippen molar-refractivity contribution in [3.05, 3.63) is 11.8 Å². The van der Waals surface area contributed by atoms with Gasteiger partial charge < -0.3 is 10.1 Å². The molecular weight excluding hydrogens is 312 g/mol. The molecule has 7 heteroatoms. The number of hydrogen-bond donors (Lipinski definition) is 1. The third kappa shape index (κ3) is 4.01. The van der Waals surface area contributed by atoms with Gasteiger partial charge in [0, 0.05) is 31.6 Å². The molecule has 2 aliphatic rings. The van der Waals surface area contributed by atoms with Crippen LogP contribution in [0.15, 0.2) is 6.20 Å². The van der Waals surface area contributed by atoms with Gasteiger partial charge in [0.05, 0.1) is 7.11 Å². The molecular formula is C16H26N4O2S. The predicted molar refractivity (Wildman–Crippen MR) is 92.1 cm³/mol. The van der Waals surface area contributed by atoms with E-state index in [1.165, 1.54) is 51.0 Å². The van der Waals surface area contributed by atoms with Crippen molar-refractivity contribution in [2.45, 2.75) is 25.3 Å². The topological polar surface area (TPSA) is 59.4 Å². The summed E-state index contributed by atoms with van der Waals surface area (Å²) in [7, 11) is 3.33. The first kappa shape index (κ1) is 16.6. The fourth-order valence-electron chi connectivity index (χ4n) is 3.44. The second kappa shape index (κ2) is 7.57. The van der Waals surface area contributed by atoms with Gasteiger partial charge in [-0.3, -0.25) is 14.4 Å². The molecule has 0 bridgehead atoms. The van der Waals surface area contributed by atoms with E-state index in [-0.39, 0.29) is 5.91 Å². The summed E-state index contributed by atoms with van der Waals surface area (Å²) < 4.78 is 6.75. The Morgan fingerprint density at radius 2 is 2.22 bits per heavy atom. The molecule has 23 heavy (non-hydrogen) atoms. The number of thioether (sulfide) groups is 1. The molecule has 0 unspecified atom stereocenters. The largest absolute Gasteiger partial charge is 0.479 e. The van der Waals surface area contributed by atoms with Gasteiger partial charge in [-0.1, -0.05) is 0 Å². The van der Waals surface area contributed by atoms with Gasteiger partial charge in [-0.25, -0.2) is 0 Å². The second-order valence-corrected chi connectivity index (χ2v) is 7.58. The average Bonchev–Trinajstić information content (AvgIpc) is 3.22. The van der Waals surface area contributed by atoms with E-state index in [2.05, 4.69) is 27.1 Å². The van der Waals surface area contributed by atoms with E-state index >= 15 is 0 Å². The van der Waals surface area contributed by atoms with Crippen molar-refractivity contribution in [1.29, 1.82) is 0 Å². The van der Waals surface area contributed by atoms with Crippen LogP contribution in [-0.4, -0.2) is 64.9 Å². The van der Waals surface area contributed by atoms with Crippen LogP contribution < -0.4 is 10.1 Å². The number of methoxy groups -OCH3 is 1. The van der Waals surface area contributed by atoms with E-state index in [0.717, 1.165) is 12.6 Å². The molecule has 0 saturated carbocycles. The van der Waals surface area contributed by atoms with Crippen LogP contribution in [-0.2, 0) is 7.05 Å². The van der Waals surface area contributed by atoms with Crippen molar-refractivity contribution in [2.24, 2.45) is 13.0 Å². The molecule has 2 aliphatic heterocycles. The zero-order valence-corrected chi connectivity index (χ0v) is 14.8. The number of aromatic nitrogens is 2. The fraction of sp³-hybridized carbons (Fsp3) is 0.750. The highest BCUT2D eigenvalue weighted by atomic mass is 32.2. The Hall–Kier alpha value is -1.21. The maximum atomic E-state index is 12.3. The average molecular weight is 338 g/mol. The van der Waals surface area contributed by atoms with Gasteiger partial charge in [-0.2, -0.15) is 11.8 Å². The number of nitrogens with one attached hydrogen (secondary N) is 1. The summed E-state index contributed by atoms with van der Waals surface area (Å²) in [5, 5.41) is 7.17. The standard InChI is InChI=1S/C16H26N4O2S/c1-19-10-14(16(18-19)22-2)15(21)17-9-12-3-6-20(7-4-12)13-5-8-23-11-13/h10,12-13H,3-9,11H2,1-2H3,(H,17,21)/t13-/m0/s1. The Balaban J connectivity index is 1.45. The number of hydrogen-bond acceptors (Lipinski definition) is 5. The summed E-state index contributed by atoms with van der Waals surface area (Å²) in [4.78, 5) is 14.9. The molecule has 0 spiro atoms. The van der Waals surface area contributed by atoms with Crippen molar-refractivity contribution >= 4 is 17.7 Å². The molecule has 1 aromatic rings. The Kier molecular flexibility index (Phi) is 5.48. The first-order valence-corrected chi connectivity index (χ1v) is 9.50. The highest BCUT2D eigenvalue weighted by Gasteiger charge is 2.27. The van der Waals surface area contributed by atoms with Gasteiger partial charge in [0.15, 0.2) is 0 Å². The van der Waals surface area contributed by atoms with Crippen molar-refractivity contribution in [1.82, 2.24) is 20.0 Å². The van der Waals surface area contributed by atoms with Crippen LogP contribution in [0, 0.1) is 5.92 Å². The lowest BCUT2D eigenvalue weighted by molar-refractivity contribution is 0.0925. The van der Waals surface area contributed by atoms with Crippen LogP contribution in [0.25, 0.3) is 0 Å². The smallest absolute Gasteiger partial charge is 0.258 e. The fourth-order valence-corrected chi connectivity index (χ4v) is 4.69. The van der Waals surface area contributed by atoms with Crippen LogP contribution in [0.3, 0.4) is 0 Å². The molecule has 2 saturated heterocycles. The monoisotopic (exact) mass is 338 g/mol. The van der Waals surface area contributed by atoms with Gasteiger partial charge in [0.2, 0.25) is 5.88 Å². The van der Waals surface area contributed by atoms with E-state index in [4.69, 9.17) is 4.74 Å². The van der Waals surface area contributed by atoms with Gasteiger partial charge in [0.1, 0.15) is 5.56 Å². The summed E-state index contributed by atoms with van der Waals surface area (Å²) in [5.41, 5.74) is 0.510. The third-order valence-electron chi connectivity index (χ3n) is 4.86. The van der Waals surface area contributed by atoms with E-state index in [9.17, 15) is 4.79 Å². The van der Waals surface area contributed by atoms with E-state index in [0.29, 0.717) is 17.4 Å². The lowest BCUT2D eigenvalue weighted by Gasteiger charge is -2.35. The first-order valence-electron chi connectivity index (χ1n) is 8.35. The minimum Gasteiger partial charge on any atom is -0.479 e. The SMILES string of the molecule is COc1nn(C)cc1C(=O)NCC1CCN([C@H]2CCSC2)CC1. The van der Waals surface area contributed by atoms with Crippen molar-refractivity contribution in [3.63, 3.8) is 0 Å². The summed E-state index contributed by atoms with van der Waals surface area (Å²) in [6.45, 7) is 3.08. The van der Waals surface area contributed by atoms with E-state index < -0.39 is 0 Å². The number of nitrogens with zero attached hydrogens (tertiary/aromatic N) is 3. The first-order chi connectivity index (χ1) is 11.2. The maximum Gasteiger partial charge on any atom is 0.258 e. The second-order valence-electron chi connectivity index (χ2n) is 6.43. The van der Waals surface area contributed by atoms with Gasteiger partial charge >= 0.3 is 0 Å². The van der Waals surface area contributed by atoms with Crippen molar-refractivity contribution < 1.29 is 9.53 Å². The number of likely N-dealkylation sites (tertiary alicyclic amines) is 1. The molecule has 0 radical (unpaired) electrons. The Morgan fingerprint density at radius 3 is 2.87 bits per heavy atom. The van der Waals surface area contributed by atoms with Crippen LogP contribution in [0.5, 0.6) is 5.88 Å². The van der Waals surface area contributed by atoms with Crippen molar-refractivity contribution in [2.75, 3.05) is 38.2 Å². The number of carbonyl (C=O) groups excluding carboxylic acids is 1. The molecule has 3 heterocycles. The van der Waals surface area contributed by atoms with Crippen LogP contribution >= 0.6 is 11.8 Å². The molecule has 3 rings (SSSR count). The number of amides is 1. The van der Waals surface area contributed by atoms with E-state index in [1.54, 1.807) is 17.9 Å². The van der Waals surface area contributed by atoms with Gasteiger partial charge in [-0.15, -0.1) is 5.10 Å². The number of aryl methyl sites for hydroxylation is 1. The summed E-state index contributed by atoms with van der Waals surface area (Å²) in [5.74, 6) is 3.48. The Bertz CT molecular complexity index is 534. The highest BCUT2D eigenvalue weighted by Crippen LogP contribution is 2.26.